The van der Waals surface area contributed by atoms with Crippen LogP contribution in [0.3, 0.4) is 0 Å². The Bertz CT molecular complexity index is 1000. The summed E-state index contributed by atoms with van der Waals surface area (Å²) in [5.41, 5.74) is 0.948. The summed E-state index contributed by atoms with van der Waals surface area (Å²) in [7, 11) is 0. The summed E-state index contributed by atoms with van der Waals surface area (Å²) in [5.74, 6) is 0.880. The lowest BCUT2D eigenvalue weighted by atomic mass is 10.1. The molecule has 2 N–H and O–H groups in total. The quantitative estimate of drug-likeness (QED) is 0.516. The Morgan fingerprint density at radius 1 is 1.17 bits per heavy atom. The van der Waals surface area contributed by atoms with Gasteiger partial charge in [-0.1, -0.05) is 24.3 Å². The zero-order valence-electron chi connectivity index (χ0n) is 16.5. The van der Waals surface area contributed by atoms with E-state index >= 15 is 0 Å². The van der Waals surface area contributed by atoms with Gasteiger partial charge < -0.3 is 15.5 Å². The van der Waals surface area contributed by atoms with Crippen LogP contribution in [0.4, 0.5) is 10.2 Å². The molecule has 7 heteroatoms. The van der Waals surface area contributed by atoms with E-state index in [1.54, 1.807) is 12.3 Å². The van der Waals surface area contributed by atoms with Crippen LogP contribution in [-0.2, 0) is 6.54 Å². The molecule has 2 aromatic heterocycles. The van der Waals surface area contributed by atoms with Gasteiger partial charge in [-0.15, -0.1) is 0 Å². The molecular weight excluding hydrogens is 367 g/mol. The van der Waals surface area contributed by atoms with Gasteiger partial charge in [-0.2, -0.15) is 0 Å². The number of halogens is 1. The van der Waals surface area contributed by atoms with Crippen molar-refractivity contribution in [1.82, 2.24) is 20.6 Å². The first kappa shape index (κ1) is 19.1. The van der Waals surface area contributed by atoms with E-state index in [4.69, 9.17) is 4.99 Å². The van der Waals surface area contributed by atoms with Crippen molar-refractivity contribution >= 4 is 22.5 Å². The number of hydrogen-bond acceptors (Lipinski definition) is 4. The highest BCUT2D eigenvalue weighted by Gasteiger charge is 2.25. The summed E-state index contributed by atoms with van der Waals surface area (Å²) in [6.45, 7) is 4.74. The smallest absolute Gasteiger partial charge is 0.191 e. The Kier molecular flexibility index (Phi) is 5.84. The van der Waals surface area contributed by atoms with Crippen LogP contribution >= 0.6 is 0 Å². The molecule has 1 atom stereocenters. The third-order valence-corrected chi connectivity index (χ3v) is 5.06. The number of guanidine groups is 1. The first-order chi connectivity index (χ1) is 14.2. The summed E-state index contributed by atoms with van der Waals surface area (Å²) in [6.07, 6.45) is 4.35. The van der Waals surface area contributed by atoms with E-state index < -0.39 is 0 Å². The van der Waals surface area contributed by atoms with Gasteiger partial charge >= 0.3 is 0 Å². The minimum absolute atomic E-state index is 0.176. The molecule has 3 heterocycles. The summed E-state index contributed by atoms with van der Waals surface area (Å²) in [5, 5.41) is 9.05. The van der Waals surface area contributed by atoms with Crippen molar-refractivity contribution in [3.63, 3.8) is 0 Å². The van der Waals surface area contributed by atoms with E-state index in [0.29, 0.717) is 18.9 Å². The summed E-state index contributed by atoms with van der Waals surface area (Å²) in [6, 6.07) is 13.4. The van der Waals surface area contributed by atoms with Crippen LogP contribution in [0.25, 0.3) is 10.8 Å². The molecular formula is C22H25FN6. The second kappa shape index (κ2) is 8.86. The first-order valence-electron chi connectivity index (χ1n) is 9.97. The van der Waals surface area contributed by atoms with E-state index in [0.717, 1.165) is 41.9 Å². The summed E-state index contributed by atoms with van der Waals surface area (Å²) < 4.78 is 14.0. The second-order valence-corrected chi connectivity index (χ2v) is 7.06. The Balaban J connectivity index is 1.45. The maximum Gasteiger partial charge on any atom is 0.191 e. The number of rotatable bonds is 5. The van der Waals surface area contributed by atoms with Gasteiger partial charge in [0.1, 0.15) is 0 Å². The lowest BCUT2D eigenvalue weighted by molar-refractivity contribution is 0.612. The third kappa shape index (κ3) is 4.45. The minimum atomic E-state index is -0.282. The number of aromatic nitrogens is 2. The van der Waals surface area contributed by atoms with Crippen molar-refractivity contribution in [2.45, 2.75) is 25.9 Å². The molecule has 1 aliphatic heterocycles. The van der Waals surface area contributed by atoms with E-state index in [-0.39, 0.29) is 11.9 Å². The van der Waals surface area contributed by atoms with Gasteiger partial charge in [0.2, 0.25) is 0 Å². The highest BCUT2D eigenvalue weighted by Crippen LogP contribution is 2.21. The molecule has 0 spiro atoms. The van der Waals surface area contributed by atoms with Gasteiger partial charge in [-0.25, -0.2) is 14.4 Å². The number of nitrogens with zero attached hydrogens (tertiary/aromatic N) is 4. The van der Waals surface area contributed by atoms with E-state index in [2.05, 4.69) is 32.7 Å². The van der Waals surface area contributed by atoms with Crippen molar-refractivity contribution < 1.29 is 4.39 Å². The van der Waals surface area contributed by atoms with Crippen LogP contribution in [0.2, 0.25) is 0 Å². The molecule has 0 saturated carbocycles. The molecule has 3 aromatic rings. The summed E-state index contributed by atoms with van der Waals surface area (Å²) in [4.78, 5) is 15.4. The number of hydrogen-bond donors (Lipinski definition) is 2. The zero-order valence-corrected chi connectivity index (χ0v) is 16.5. The SMILES string of the molecule is CCNC(=NCc1nccc2ccccc12)NC1CCN(c2ncccc2F)C1. The monoisotopic (exact) mass is 392 g/mol. The van der Waals surface area contributed by atoms with Gasteiger partial charge in [-0.3, -0.25) is 4.98 Å². The first-order valence-corrected chi connectivity index (χ1v) is 9.97. The van der Waals surface area contributed by atoms with Crippen LogP contribution in [0.1, 0.15) is 19.0 Å². The van der Waals surface area contributed by atoms with Gasteiger partial charge in [0.05, 0.1) is 12.2 Å². The highest BCUT2D eigenvalue weighted by atomic mass is 19.1. The van der Waals surface area contributed by atoms with Crippen molar-refractivity contribution in [2.75, 3.05) is 24.5 Å². The predicted molar refractivity (Wildman–Crippen MR) is 115 cm³/mol. The average Bonchev–Trinajstić information content (AvgIpc) is 3.20. The fourth-order valence-corrected chi connectivity index (χ4v) is 3.66. The number of aliphatic imine (C=N–C) groups is 1. The molecule has 1 unspecified atom stereocenters. The normalized spacial score (nSPS) is 17.0. The van der Waals surface area contributed by atoms with Crippen LogP contribution in [0.15, 0.2) is 59.9 Å². The molecule has 1 saturated heterocycles. The van der Waals surface area contributed by atoms with Gasteiger partial charge in [0, 0.05) is 43.5 Å². The fraction of sp³-hybridized carbons (Fsp3) is 0.318. The molecule has 1 fully saturated rings. The molecule has 1 aromatic carbocycles. The molecule has 150 valence electrons. The minimum Gasteiger partial charge on any atom is -0.357 e. The summed E-state index contributed by atoms with van der Waals surface area (Å²) >= 11 is 0. The Morgan fingerprint density at radius 3 is 2.93 bits per heavy atom. The Labute approximate surface area is 169 Å². The van der Waals surface area contributed by atoms with Gasteiger partial charge in [-0.05, 0) is 36.9 Å². The van der Waals surface area contributed by atoms with E-state index in [1.807, 2.05) is 36.2 Å². The molecule has 29 heavy (non-hydrogen) atoms. The molecule has 0 radical (unpaired) electrons. The molecule has 6 nitrogen and oxygen atoms in total. The van der Waals surface area contributed by atoms with Gasteiger partial charge in [0.15, 0.2) is 17.6 Å². The lowest BCUT2D eigenvalue weighted by Crippen LogP contribution is -2.44. The second-order valence-electron chi connectivity index (χ2n) is 7.06. The Morgan fingerprint density at radius 2 is 2.07 bits per heavy atom. The largest absolute Gasteiger partial charge is 0.357 e. The van der Waals surface area contributed by atoms with E-state index in [1.165, 1.54) is 6.07 Å². The van der Waals surface area contributed by atoms with Crippen molar-refractivity contribution in [2.24, 2.45) is 4.99 Å². The topological polar surface area (TPSA) is 65.4 Å². The average molecular weight is 392 g/mol. The molecule has 1 aliphatic rings. The van der Waals surface area contributed by atoms with Crippen LogP contribution in [-0.4, -0.2) is 41.6 Å². The van der Waals surface area contributed by atoms with E-state index in [9.17, 15) is 4.39 Å². The van der Waals surface area contributed by atoms with Crippen molar-refractivity contribution in [3.05, 3.63) is 66.4 Å². The number of pyridine rings is 2. The molecule has 0 amide bonds. The third-order valence-electron chi connectivity index (χ3n) is 5.06. The van der Waals surface area contributed by atoms with Crippen molar-refractivity contribution in [3.8, 4) is 0 Å². The number of anilines is 1. The molecule has 4 rings (SSSR count). The molecule has 0 bridgehead atoms. The highest BCUT2D eigenvalue weighted by molar-refractivity contribution is 5.85. The van der Waals surface area contributed by atoms with Crippen LogP contribution in [0.5, 0.6) is 0 Å². The van der Waals surface area contributed by atoms with Crippen LogP contribution in [0, 0.1) is 5.82 Å². The maximum atomic E-state index is 14.0. The number of benzene rings is 1. The molecule has 0 aliphatic carbocycles. The standard InChI is InChI=1S/C22H25FN6/c1-2-24-22(27-14-20-18-7-4-3-6-16(18)9-12-25-20)28-17-10-13-29(15-17)21-19(23)8-5-11-26-21/h3-9,11-12,17H,2,10,13-15H2,1H3,(H2,24,27,28). The Hall–Kier alpha value is -3.22. The number of fused-ring (bicyclic) bond motifs is 1. The lowest BCUT2D eigenvalue weighted by Gasteiger charge is -2.20. The predicted octanol–water partition coefficient (Wildman–Crippen LogP) is 3.10. The zero-order chi connectivity index (χ0) is 20.1. The maximum absolute atomic E-state index is 14.0. The van der Waals surface area contributed by atoms with Crippen LogP contribution < -0.4 is 15.5 Å². The van der Waals surface area contributed by atoms with Gasteiger partial charge in [0.25, 0.3) is 0 Å². The fourth-order valence-electron chi connectivity index (χ4n) is 3.66. The number of nitrogens with one attached hydrogen (secondary N) is 2. The van der Waals surface area contributed by atoms with Crippen molar-refractivity contribution in [1.29, 1.82) is 0 Å².